The first-order valence-electron chi connectivity index (χ1n) is 7.07. The molecule has 2 N–H and O–H groups in total. The van der Waals surface area contributed by atoms with E-state index in [4.69, 9.17) is 0 Å². The molecular weight excluding hydrogens is 330 g/mol. The first-order valence-corrected chi connectivity index (χ1v) is 8.96. The monoisotopic (exact) mass is 345 g/mol. The average Bonchev–Trinajstić information content (AvgIpc) is 2.91. The smallest absolute Gasteiger partial charge is 0.246 e. The van der Waals surface area contributed by atoms with Crippen LogP contribution >= 0.6 is 0 Å². The third-order valence-electron chi connectivity index (χ3n) is 3.21. The molecule has 1 aromatic heterocycles. The van der Waals surface area contributed by atoms with Crippen molar-refractivity contribution >= 4 is 38.3 Å². The lowest BCUT2D eigenvalue weighted by Crippen LogP contribution is -2.21. The van der Waals surface area contributed by atoms with E-state index >= 15 is 0 Å². The van der Waals surface area contributed by atoms with Crippen LogP contribution in [0.5, 0.6) is 0 Å². The van der Waals surface area contributed by atoms with Crippen LogP contribution in [0.25, 0.3) is 11.0 Å². The van der Waals surface area contributed by atoms with Crippen LogP contribution < -0.4 is 10.0 Å². The molecule has 3 rings (SSSR count). The van der Waals surface area contributed by atoms with Gasteiger partial charge in [0.1, 0.15) is 12.1 Å². The number of rotatable bonds is 5. The molecule has 0 bridgehead atoms. The maximum absolute atomic E-state index is 12.3. The van der Waals surface area contributed by atoms with E-state index < -0.39 is 10.0 Å². The van der Waals surface area contributed by atoms with Crippen LogP contribution in [0, 0.1) is 0 Å². The maximum atomic E-state index is 12.3. The summed E-state index contributed by atoms with van der Waals surface area (Å²) in [6, 6.07) is 13.9. The second kappa shape index (κ2) is 6.28. The molecule has 0 spiro atoms. The van der Waals surface area contributed by atoms with E-state index in [1.807, 2.05) is 24.3 Å². The number of hydrogen-bond acceptors (Lipinski definition) is 5. The molecule has 0 aliphatic carbocycles. The molecule has 0 atom stereocenters. The minimum atomic E-state index is -3.44. The van der Waals surface area contributed by atoms with Crippen molar-refractivity contribution in [1.82, 2.24) is 15.0 Å². The van der Waals surface area contributed by atoms with Crippen molar-refractivity contribution in [1.29, 1.82) is 0 Å². The van der Waals surface area contributed by atoms with Gasteiger partial charge in [-0.2, -0.15) is 0 Å². The normalized spacial score (nSPS) is 11.4. The van der Waals surface area contributed by atoms with Gasteiger partial charge in [0.2, 0.25) is 15.9 Å². The van der Waals surface area contributed by atoms with E-state index in [0.717, 1.165) is 11.8 Å². The molecule has 1 amide bonds. The third-order valence-corrected chi connectivity index (χ3v) is 3.80. The largest absolute Gasteiger partial charge is 0.323 e. The Labute approximate surface area is 138 Å². The Morgan fingerprint density at radius 1 is 1.08 bits per heavy atom. The second-order valence-electron chi connectivity index (χ2n) is 5.20. The highest BCUT2D eigenvalue weighted by Gasteiger charge is 2.12. The van der Waals surface area contributed by atoms with Gasteiger partial charge in [-0.15, -0.1) is 5.10 Å². The molecule has 0 fully saturated rings. The van der Waals surface area contributed by atoms with E-state index in [1.54, 1.807) is 24.3 Å². The summed E-state index contributed by atoms with van der Waals surface area (Å²) in [5, 5.41) is 10.6. The maximum Gasteiger partial charge on any atom is 0.246 e. The highest BCUT2D eigenvalue weighted by molar-refractivity contribution is 7.92. The first kappa shape index (κ1) is 15.9. The van der Waals surface area contributed by atoms with Gasteiger partial charge in [0.05, 0.1) is 23.1 Å². The van der Waals surface area contributed by atoms with Crippen molar-refractivity contribution in [2.75, 3.05) is 16.3 Å². The standard InChI is InChI=1S/C15H15N5O3S/c1-24(22,23)18-12-7-3-2-6-11(12)16-15(21)10-20-14-9-5-4-8-13(14)17-19-20/h2-9,18H,10H2,1H3,(H,16,21). The van der Waals surface area contributed by atoms with Crippen molar-refractivity contribution < 1.29 is 13.2 Å². The summed E-state index contributed by atoms with van der Waals surface area (Å²) in [6.07, 6.45) is 1.05. The Morgan fingerprint density at radius 3 is 2.50 bits per heavy atom. The lowest BCUT2D eigenvalue weighted by molar-refractivity contribution is -0.116. The summed E-state index contributed by atoms with van der Waals surface area (Å²) in [7, 11) is -3.44. The third kappa shape index (κ3) is 3.69. The molecule has 0 aliphatic heterocycles. The highest BCUT2D eigenvalue weighted by Crippen LogP contribution is 2.22. The lowest BCUT2D eigenvalue weighted by Gasteiger charge is -2.11. The number of benzene rings is 2. The summed E-state index contributed by atoms with van der Waals surface area (Å²) in [5.74, 6) is -0.339. The number of hydrogen-bond donors (Lipinski definition) is 2. The lowest BCUT2D eigenvalue weighted by atomic mass is 10.2. The molecule has 0 saturated heterocycles. The first-order chi connectivity index (χ1) is 11.4. The van der Waals surface area contributed by atoms with Gasteiger partial charge < -0.3 is 5.32 Å². The molecule has 0 unspecified atom stereocenters. The molecule has 0 saturated carbocycles. The van der Waals surface area contributed by atoms with Crippen LogP contribution in [0.3, 0.4) is 0 Å². The van der Waals surface area contributed by atoms with E-state index in [9.17, 15) is 13.2 Å². The quantitative estimate of drug-likeness (QED) is 0.728. The minimum Gasteiger partial charge on any atom is -0.323 e. The van der Waals surface area contributed by atoms with Crippen LogP contribution in [-0.2, 0) is 21.4 Å². The summed E-state index contributed by atoms with van der Waals surface area (Å²) in [5.41, 5.74) is 2.12. The number of sulfonamides is 1. The van der Waals surface area contributed by atoms with Crippen molar-refractivity contribution in [2.45, 2.75) is 6.54 Å². The summed E-state index contributed by atoms with van der Waals surface area (Å²) in [6.45, 7) is -0.0340. The van der Waals surface area contributed by atoms with E-state index in [2.05, 4.69) is 20.4 Å². The number of nitrogens with zero attached hydrogens (tertiary/aromatic N) is 3. The predicted octanol–water partition coefficient (Wildman–Crippen LogP) is 1.44. The van der Waals surface area contributed by atoms with Crippen molar-refractivity contribution in [3.63, 3.8) is 0 Å². The number of fused-ring (bicyclic) bond motifs is 1. The molecule has 24 heavy (non-hydrogen) atoms. The van der Waals surface area contributed by atoms with Gasteiger partial charge in [-0.1, -0.05) is 29.5 Å². The van der Waals surface area contributed by atoms with Gasteiger partial charge in [-0.05, 0) is 24.3 Å². The Morgan fingerprint density at radius 2 is 1.75 bits per heavy atom. The molecule has 8 nitrogen and oxygen atoms in total. The number of aromatic nitrogens is 3. The molecule has 0 radical (unpaired) electrons. The predicted molar refractivity (Wildman–Crippen MR) is 91.1 cm³/mol. The molecular formula is C15H15N5O3S. The highest BCUT2D eigenvalue weighted by atomic mass is 32.2. The number of carbonyl (C=O) groups is 1. The molecule has 1 heterocycles. The fraction of sp³-hybridized carbons (Fsp3) is 0.133. The number of nitrogens with one attached hydrogen (secondary N) is 2. The van der Waals surface area contributed by atoms with Gasteiger partial charge in [0.25, 0.3) is 0 Å². The fourth-order valence-corrected chi connectivity index (χ4v) is 2.82. The van der Waals surface area contributed by atoms with Gasteiger partial charge in [0, 0.05) is 0 Å². The Kier molecular flexibility index (Phi) is 4.17. The van der Waals surface area contributed by atoms with Crippen molar-refractivity contribution in [2.24, 2.45) is 0 Å². The topological polar surface area (TPSA) is 106 Å². The Balaban J connectivity index is 1.78. The van der Waals surface area contributed by atoms with E-state index in [1.165, 1.54) is 4.68 Å². The zero-order valence-electron chi connectivity index (χ0n) is 12.8. The molecule has 3 aromatic rings. The average molecular weight is 345 g/mol. The summed E-state index contributed by atoms with van der Waals surface area (Å²) < 4.78 is 26.6. The minimum absolute atomic E-state index is 0.0340. The SMILES string of the molecule is CS(=O)(=O)Nc1ccccc1NC(=O)Cn1nnc2ccccc21. The van der Waals surface area contributed by atoms with Gasteiger partial charge >= 0.3 is 0 Å². The van der Waals surface area contributed by atoms with Crippen LogP contribution in [0.15, 0.2) is 48.5 Å². The summed E-state index contributed by atoms with van der Waals surface area (Å²) in [4.78, 5) is 12.3. The molecule has 0 aliphatic rings. The van der Waals surface area contributed by atoms with Crippen LogP contribution in [0.1, 0.15) is 0 Å². The van der Waals surface area contributed by atoms with Crippen molar-refractivity contribution in [3.05, 3.63) is 48.5 Å². The second-order valence-corrected chi connectivity index (χ2v) is 6.95. The van der Waals surface area contributed by atoms with E-state index in [0.29, 0.717) is 16.9 Å². The van der Waals surface area contributed by atoms with Crippen LogP contribution in [0.2, 0.25) is 0 Å². The van der Waals surface area contributed by atoms with Crippen LogP contribution in [0.4, 0.5) is 11.4 Å². The van der Waals surface area contributed by atoms with Crippen molar-refractivity contribution in [3.8, 4) is 0 Å². The Bertz CT molecular complexity index is 997. The molecule has 2 aromatic carbocycles. The zero-order chi connectivity index (χ0) is 17.2. The van der Waals surface area contributed by atoms with Gasteiger partial charge in [-0.3, -0.25) is 9.52 Å². The summed E-state index contributed by atoms with van der Waals surface area (Å²) >= 11 is 0. The van der Waals surface area contributed by atoms with Gasteiger partial charge in [-0.25, -0.2) is 13.1 Å². The molecule has 124 valence electrons. The van der Waals surface area contributed by atoms with Crippen LogP contribution in [-0.4, -0.2) is 35.6 Å². The zero-order valence-corrected chi connectivity index (χ0v) is 13.6. The van der Waals surface area contributed by atoms with E-state index in [-0.39, 0.29) is 12.5 Å². The Hall–Kier alpha value is -2.94. The van der Waals surface area contributed by atoms with Gasteiger partial charge in [0.15, 0.2) is 0 Å². The molecule has 9 heteroatoms. The number of para-hydroxylation sites is 3. The number of carbonyl (C=O) groups excluding carboxylic acids is 1. The fourth-order valence-electron chi connectivity index (χ4n) is 2.24. The number of anilines is 2. The number of amides is 1.